The first-order chi connectivity index (χ1) is 10.9. The molecule has 3 heteroatoms. The van der Waals surface area contributed by atoms with Crippen molar-refractivity contribution in [3.05, 3.63) is 0 Å². The molecule has 0 amide bonds. The van der Waals surface area contributed by atoms with Crippen LogP contribution in [0.2, 0.25) is 11.1 Å². The maximum atomic E-state index is 6.68. The van der Waals surface area contributed by atoms with Gasteiger partial charge in [-0.3, -0.25) is 0 Å². The van der Waals surface area contributed by atoms with Crippen LogP contribution in [0.1, 0.15) is 80.1 Å². The molecule has 0 spiro atoms. The molecule has 0 aromatic heterocycles. The first kappa shape index (κ1) is 19.5. The summed E-state index contributed by atoms with van der Waals surface area (Å²) in [7, 11) is -2.18. The van der Waals surface area contributed by atoms with Crippen molar-refractivity contribution in [3.63, 3.8) is 0 Å². The molecule has 2 rings (SSSR count). The van der Waals surface area contributed by atoms with Gasteiger partial charge in [-0.05, 0) is 63.2 Å². The van der Waals surface area contributed by atoms with E-state index >= 15 is 0 Å². The molecule has 2 aliphatic rings. The maximum Gasteiger partial charge on any atom is 0.344 e. The SMILES string of the molecule is CCO[Si](OCC)(C1CC(C)CC(C)C1)C1CC(C)CCC1C. The fourth-order valence-electron chi connectivity index (χ4n) is 5.61. The Hall–Kier alpha value is 0.137. The molecule has 2 nitrogen and oxygen atoms in total. The Balaban J connectivity index is 2.33. The van der Waals surface area contributed by atoms with Crippen molar-refractivity contribution in [3.8, 4) is 0 Å². The monoisotopic (exact) mass is 340 g/mol. The molecule has 2 fully saturated rings. The first-order valence-corrected chi connectivity index (χ1v) is 12.2. The first-order valence-electron chi connectivity index (χ1n) is 10.2. The molecular formula is C20H40O2Si. The smallest absolute Gasteiger partial charge is 0.344 e. The molecule has 0 saturated heterocycles. The summed E-state index contributed by atoms with van der Waals surface area (Å²) < 4.78 is 13.4. The van der Waals surface area contributed by atoms with Crippen molar-refractivity contribution in [2.45, 2.75) is 91.1 Å². The topological polar surface area (TPSA) is 18.5 Å². The second-order valence-corrected chi connectivity index (χ2v) is 12.3. The fourth-order valence-corrected chi connectivity index (χ4v) is 11.3. The summed E-state index contributed by atoms with van der Waals surface area (Å²) in [5.74, 6) is 3.26. The zero-order valence-electron chi connectivity index (χ0n) is 16.4. The Morgan fingerprint density at radius 3 is 1.83 bits per heavy atom. The van der Waals surface area contributed by atoms with Crippen LogP contribution in [0.25, 0.3) is 0 Å². The molecule has 2 saturated carbocycles. The third-order valence-corrected chi connectivity index (χ3v) is 11.4. The van der Waals surface area contributed by atoms with Crippen LogP contribution in [0.5, 0.6) is 0 Å². The van der Waals surface area contributed by atoms with E-state index in [4.69, 9.17) is 8.85 Å². The Kier molecular flexibility index (Phi) is 7.18. The van der Waals surface area contributed by atoms with E-state index in [1.54, 1.807) is 0 Å². The second-order valence-electron chi connectivity index (χ2n) is 8.70. The van der Waals surface area contributed by atoms with E-state index in [2.05, 4.69) is 41.5 Å². The van der Waals surface area contributed by atoms with Gasteiger partial charge in [-0.25, -0.2) is 0 Å². The summed E-state index contributed by atoms with van der Waals surface area (Å²) in [5.41, 5.74) is 1.38. The predicted octanol–water partition coefficient (Wildman–Crippen LogP) is 6.15. The van der Waals surface area contributed by atoms with Gasteiger partial charge in [-0.2, -0.15) is 0 Å². The molecule has 0 N–H and O–H groups in total. The zero-order chi connectivity index (χ0) is 17.0. The van der Waals surface area contributed by atoms with Crippen molar-refractivity contribution in [1.29, 1.82) is 0 Å². The molecule has 0 aromatic carbocycles. The zero-order valence-corrected chi connectivity index (χ0v) is 17.4. The summed E-state index contributed by atoms with van der Waals surface area (Å²) in [5, 5.41) is 0. The number of hydrogen-bond donors (Lipinski definition) is 0. The highest BCUT2D eigenvalue weighted by Crippen LogP contribution is 2.54. The summed E-state index contributed by atoms with van der Waals surface area (Å²) in [4.78, 5) is 0. The summed E-state index contributed by atoms with van der Waals surface area (Å²) in [6, 6.07) is 0. The van der Waals surface area contributed by atoms with Crippen molar-refractivity contribution >= 4 is 8.56 Å². The van der Waals surface area contributed by atoms with Gasteiger partial charge in [0.2, 0.25) is 0 Å². The average molecular weight is 341 g/mol. The molecule has 0 heterocycles. The minimum absolute atomic E-state index is 0.689. The Labute approximate surface area is 146 Å². The van der Waals surface area contributed by atoms with Gasteiger partial charge in [-0.15, -0.1) is 0 Å². The van der Waals surface area contributed by atoms with E-state index in [-0.39, 0.29) is 0 Å². The maximum absolute atomic E-state index is 6.68. The van der Waals surface area contributed by atoms with Crippen LogP contribution in [-0.2, 0) is 8.85 Å². The van der Waals surface area contributed by atoms with Crippen LogP contribution in [0.3, 0.4) is 0 Å². The van der Waals surface area contributed by atoms with Crippen molar-refractivity contribution in [2.75, 3.05) is 13.2 Å². The van der Waals surface area contributed by atoms with Crippen molar-refractivity contribution in [1.82, 2.24) is 0 Å². The van der Waals surface area contributed by atoms with E-state index in [1.165, 1.54) is 38.5 Å². The number of rotatable bonds is 6. The molecule has 23 heavy (non-hydrogen) atoms. The lowest BCUT2D eigenvalue weighted by atomic mass is 9.83. The number of hydrogen-bond acceptors (Lipinski definition) is 2. The van der Waals surface area contributed by atoms with Crippen LogP contribution < -0.4 is 0 Å². The lowest BCUT2D eigenvalue weighted by Crippen LogP contribution is -2.55. The Morgan fingerprint density at radius 2 is 1.30 bits per heavy atom. The Bertz CT molecular complexity index is 344. The fraction of sp³-hybridized carbons (Fsp3) is 1.00. The van der Waals surface area contributed by atoms with Gasteiger partial charge in [0.05, 0.1) is 0 Å². The van der Waals surface area contributed by atoms with Crippen LogP contribution in [0.15, 0.2) is 0 Å². The minimum Gasteiger partial charge on any atom is -0.394 e. The molecule has 0 bridgehead atoms. The van der Waals surface area contributed by atoms with E-state index in [1.807, 2.05) is 0 Å². The van der Waals surface area contributed by atoms with Crippen LogP contribution in [-0.4, -0.2) is 21.8 Å². The van der Waals surface area contributed by atoms with Gasteiger partial charge in [0, 0.05) is 24.3 Å². The van der Waals surface area contributed by atoms with Gasteiger partial charge in [-0.1, -0.05) is 40.5 Å². The van der Waals surface area contributed by atoms with Crippen LogP contribution in [0.4, 0.5) is 0 Å². The van der Waals surface area contributed by atoms with Gasteiger partial charge >= 0.3 is 8.56 Å². The summed E-state index contributed by atoms with van der Waals surface area (Å²) in [6.07, 6.45) is 8.11. The van der Waals surface area contributed by atoms with Crippen molar-refractivity contribution < 1.29 is 8.85 Å². The van der Waals surface area contributed by atoms with Crippen molar-refractivity contribution in [2.24, 2.45) is 23.7 Å². The lowest BCUT2D eigenvalue weighted by molar-refractivity contribution is 0.119. The summed E-state index contributed by atoms with van der Waals surface area (Å²) >= 11 is 0. The van der Waals surface area contributed by atoms with Gasteiger partial charge in [0.15, 0.2) is 0 Å². The third-order valence-electron chi connectivity index (χ3n) is 6.46. The lowest BCUT2D eigenvalue weighted by Gasteiger charge is -2.50. The predicted molar refractivity (Wildman–Crippen MR) is 101 cm³/mol. The molecule has 136 valence electrons. The standard InChI is InChI=1S/C20H40O2Si/c1-7-21-23(22-8-2,19-12-16(4)11-17(5)13-19)20-14-15(3)9-10-18(20)6/h15-20H,7-14H2,1-6H3. The van der Waals surface area contributed by atoms with E-state index < -0.39 is 8.56 Å². The second kappa shape index (κ2) is 8.49. The van der Waals surface area contributed by atoms with Crippen LogP contribution in [0, 0.1) is 23.7 Å². The molecule has 0 aromatic rings. The van der Waals surface area contributed by atoms with Gasteiger partial charge < -0.3 is 8.85 Å². The molecule has 5 unspecified atom stereocenters. The average Bonchev–Trinajstić information content (AvgIpc) is 2.48. The van der Waals surface area contributed by atoms with E-state index in [0.29, 0.717) is 11.1 Å². The van der Waals surface area contributed by atoms with E-state index in [0.717, 1.165) is 36.9 Å². The molecule has 2 aliphatic carbocycles. The van der Waals surface area contributed by atoms with Gasteiger partial charge in [0.25, 0.3) is 0 Å². The Morgan fingerprint density at radius 1 is 0.739 bits per heavy atom. The summed E-state index contributed by atoms with van der Waals surface area (Å²) in [6.45, 7) is 15.8. The molecular weight excluding hydrogens is 300 g/mol. The normalized spacial score (nSPS) is 39.4. The quantitative estimate of drug-likeness (QED) is 0.539. The highest BCUT2D eigenvalue weighted by Gasteiger charge is 2.55. The molecule has 0 aliphatic heterocycles. The molecule has 5 atom stereocenters. The minimum atomic E-state index is -2.18. The highest BCUT2D eigenvalue weighted by atomic mass is 28.4. The van der Waals surface area contributed by atoms with E-state index in [9.17, 15) is 0 Å². The molecule has 0 radical (unpaired) electrons. The third kappa shape index (κ3) is 4.41. The largest absolute Gasteiger partial charge is 0.394 e. The van der Waals surface area contributed by atoms with Crippen LogP contribution >= 0.6 is 0 Å². The van der Waals surface area contributed by atoms with Gasteiger partial charge in [0.1, 0.15) is 0 Å². The highest BCUT2D eigenvalue weighted by molar-refractivity contribution is 6.70.